The second-order valence-corrected chi connectivity index (χ2v) is 8.12. The highest BCUT2D eigenvalue weighted by atomic mass is 35.5. The molecule has 174 valence electrons. The van der Waals surface area contributed by atoms with Crippen LogP contribution in [0.25, 0.3) is 5.57 Å². The first-order valence-corrected chi connectivity index (χ1v) is 10.7. The SMILES string of the molecule is CCC1=C(C2=C(C)CCNC2=O)CCc2cnc(Oc3cc(Cl)nnc3C(F)(F)F)c(F)c21. The second-order valence-electron chi connectivity index (χ2n) is 7.73. The van der Waals surface area contributed by atoms with Gasteiger partial charge in [0.05, 0.1) is 0 Å². The van der Waals surface area contributed by atoms with E-state index in [9.17, 15) is 18.0 Å². The topological polar surface area (TPSA) is 77.0 Å². The number of fused-ring (bicyclic) bond motifs is 1. The number of allylic oxidation sites excluding steroid dienone is 1. The van der Waals surface area contributed by atoms with E-state index < -0.39 is 29.3 Å². The molecule has 1 aliphatic carbocycles. The summed E-state index contributed by atoms with van der Waals surface area (Å²) in [6, 6.07) is 0.806. The van der Waals surface area contributed by atoms with Crippen LogP contribution < -0.4 is 10.1 Å². The zero-order valence-electron chi connectivity index (χ0n) is 17.7. The van der Waals surface area contributed by atoms with Crippen molar-refractivity contribution in [3.8, 4) is 11.6 Å². The number of halogens is 5. The van der Waals surface area contributed by atoms with E-state index in [2.05, 4.69) is 20.5 Å². The number of nitrogens with one attached hydrogen (secondary N) is 1. The van der Waals surface area contributed by atoms with Crippen LogP contribution in [0.3, 0.4) is 0 Å². The molecule has 0 saturated carbocycles. The summed E-state index contributed by atoms with van der Waals surface area (Å²) in [5, 5.41) is 8.70. The summed E-state index contributed by atoms with van der Waals surface area (Å²) < 4.78 is 60.8. The van der Waals surface area contributed by atoms with Crippen molar-refractivity contribution in [2.75, 3.05) is 6.54 Å². The zero-order chi connectivity index (χ0) is 23.9. The third-order valence-electron chi connectivity index (χ3n) is 5.68. The van der Waals surface area contributed by atoms with Gasteiger partial charge in [-0.2, -0.15) is 13.2 Å². The van der Waals surface area contributed by atoms with Crippen LogP contribution in [0.4, 0.5) is 17.6 Å². The van der Waals surface area contributed by atoms with Crippen molar-refractivity contribution in [2.45, 2.75) is 45.7 Å². The average Bonchev–Trinajstić information content (AvgIpc) is 2.74. The highest BCUT2D eigenvalue weighted by Gasteiger charge is 2.38. The molecule has 0 unspecified atom stereocenters. The van der Waals surface area contributed by atoms with Gasteiger partial charge in [-0.25, -0.2) is 9.37 Å². The summed E-state index contributed by atoms with van der Waals surface area (Å²) in [6.45, 7) is 4.25. The van der Waals surface area contributed by atoms with Crippen LogP contribution in [0.15, 0.2) is 29.0 Å². The van der Waals surface area contributed by atoms with E-state index in [1.54, 1.807) is 0 Å². The fourth-order valence-corrected chi connectivity index (χ4v) is 4.35. The van der Waals surface area contributed by atoms with Crippen LogP contribution in [0.5, 0.6) is 11.6 Å². The van der Waals surface area contributed by atoms with Crippen molar-refractivity contribution in [1.82, 2.24) is 20.5 Å². The maximum Gasteiger partial charge on any atom is 0.438 e. The number of carbonyl (C=O) groups excluding carboxylic acids is 1. The Hall–Kier alpha value is -3.01. The molecule has 1 amide bonds. The lowest BCUT2D eigenvalue weighted by molar-refractivity contribution is -0.142. The van der Waals surface area contributed by atoms with Crippen molar-refractivity contribution < 1.29 is 27.1 Å². The number of hydrogen-bond donors (Lipinski definition) is 1. The van der Waals surface area contributed by atoms with E-state index in [-0.39, 0.29) is 16.6 Å². The quantitative estimate of drug-likeness (QED) is 0.589. The maximum absolute atomic E-state index is 15.7. The molecule has 6 nitrogen and oxygen atoms in total. The van der Waals surface area contributed by atoms with E-state index in [0.717, 1.165) is 17.2 Å². The Morgan fingerprint density at radius 1 is 1.21 bits per heavy atom. The van der Waals surface area contributed by atoms with Crippen molar-refractivity contribution in [3.05, 3.63) is 56.8 Å². The van der Waals surface area contributed by atoms with Gasteiger partial charge in [-0.3, -0.25) is 4.79 Å². The minimum absolute atomic E-state index is 0.198. The zero-order valence-corrected chi connectivity index (χ0v) is 18.5. The van der Waals surface area contributed by atoms with Gasteiger partial charge < -0.3 is 10.1 Å². The van der Waals surface area contributed by atoms with E-state index in [0.29, 0.717) is 48.9 Å². The molecular weight excluding hydrogens is 464 g/mol. The van der Waals surface area contributed by atoms with Gasteiger partial charge in [-0.05, 0) is 49.3 Å². The number of ether oxygens (including phenoxy) is 1. The summed E-state index contributed by atoms with van der Waals surface area (Å²) in [5.74, 6) is -2.56. The van der Waals surface area contributed by atoms with Gasteiger partial charge >= 0.3 is 6.18 Å². The first-order valence-electron chi connectivity index (χ1n) is 10.3. The first kappa shape index (κ1) is 23.2. The molecule has 0 radical (unpaired) electrons. The van der Waals surface area contributed by atoms with Crippen molar-refractivity contribution in [3.63, 3.8) is 0 Å². The molecule has 0 fully saturated rings. The number of alkyl halides is 3. The maximum atomic E-state index is 15.7. The Bertz CT molecular complexity index is 1210. The summed E-state index contributed by atoms with van der Waals surface area (Å²) in [5.41, 5.74) is 2.15. The molecule has 0 bridgehead atoms. The molecule has 1 N–H and O–H groups in total. The first-order chi connectivity index (χ1) is 15.6. The van der Waals surface area contributed by atoms with Crippen LogP contribution >= 0.6 is 11.6 Å². The normalized spacial score (nSPS) is 16.6. The average molecular weight is 483 g/mol. The summed E-state index contributed by atoms with van der Waals surface area (Å²) in [4.78, 5) is 16.5. The number of hydrogen-bond acceptors (Lipinski definition) is 5. The van der Waals surface area contributed by atoms with Gasteiger partial charge in [0.2, 0.25) is 5.69 Å². The molecule has 3 heterocycles. The molecule has 33 heavy (non-hydrogen) atoms. The molecule has 0 atom stereocenters. The van der Waals surface area contributed by atoms with Crippen LogP contribution in [0.1, 0.15) is 49.9 Å². The van der Waals surface area contributed by atoms with Gasteiger partial charge in [-0.15, -0.1) is 10.2 Å². The summed E-state index contributed by atoms with van der Waals surface area (Å²) in [6.07, 6.45) is -1.46. The van der Waals surface area contributed by atoms with Crippen molar-refractivity contribution >= 4 is 23.1 Å². The third-order valence-corrected chi connectivity index (χ3v) is 5.86. The molecule has 1 aliphatic heterocycles. The smallest absolute Gasteiger partial charge is 0.434 e. The monoisotopic (exact) mass is 482 g/mol. The van der Waals surface area contributed by atoms with Gasteiger partial charge in [0, 0.05) is 29.9 Å². The van der Waals surface area contributed by atoms with Gasteiger partial charge in [-0.1, -0.05) is 24.1 Å². The molecule has 0 saturated heterocycles. The van der Waals surface area contributed by atoms with Crippen molar-refractivity contribution in [2.24, 2.45) is 0 Å². The number of rotatable bonds is 4. The molecule has 2 aromatic rings. The molecule has 2 aromatic heterocycles. The predicted octanol–water partition coefficient (Wildman–Crippen LogP) is 5.42. The Labute approximate surface area is 191 Å². The van der Waals surface area contributed by atoms with Gasteiger partial charge in [0.1, 0.15) is 0 Å². The predicted molar refractivity (Wildman–Crippen MR) is 112 cm³/mol. The highest BCUT2D eigenvalue weighted by molar-refractivity contribution is 6.29. The Morgan fingerprint density at radius 3 is 2.64 bits per heavy atom. The lowest BCUT2D eigenvalue weighted by Gasteiger charge is -2.28. The van der Waals surface area contributed by atoms with E-state index in [4.69, 9.17) is 16.3 Å². The van der Waals surface area contributed by atoms with Crippen molar-refractivity contribution in [1.29, 1.82) is 0 Å². The fourth-order valence-electron chi connectivity index (χ4n) is 4.22. The largest absolute Gasteiger partial charge is 0.438 e. The molecule has 2 aliphatic rings. The minimum Gasteiger partial charge on any atom is -0.434 e. The lowest BCUT2D eigenvalue weighted by atomic mass is 9.79. The number of aromatic nitrogens is 3. The summed E-state index contributed by atoms with van der Waals surface area (Å²) in [7, 11) is 0. The van der Waals surface area contributed by atoms with Crippen LogP contribution in [-0.2, 0) is 17.4 Å². The van der Waals surface area contributed by atoms with Crippen LogP contribution in [-0.4, -0.2) is 27.6 Å². The van der Waals surface area contributed by atoms with Crippen LogP contribution in [0, 0.1) is 5.82 Å². The molecule has 0 spiro atoms. The minimum atomic E-state index is -4.89. The number of amides is 1. The van der Waals surface area contributed by atoms with E-state index in [1.165, 1.54) is 6.20 Å². The second kappa shape index (κ2) is 8.74. The van der Waals surface area contributed by atoms with Gasteiger partial charge in [0.25, 0.3) is 11.8 Å². The third kappa shape index (κ3) is 4.31. The number of aryl methyl sites for hydroxylation is 1. The molecule has 4 rings (SSSR count). The van der Waals surface area contributed by atoms with E-state index in [1.807, 2.05) is 13.8 Å². The highest BCUT2D eigenvalue weighted by Crippen LogP contribution is 2.43. The van der Waals surface area contributed by atoms with Crippen LogP contribution in [0.2, 0.25) is 5.15 Å². The number of nitrogens with zero attached hydrogens (tertiary/aromatic N) is 3. The molecule has 11 heteroatoms. The molecule has 0 aromatic carbocycles. The standard InChI is InChI=1S/C22H19ClF4N4O2/c1-3-12-13(16-10(2)6-7-28-20(16)32)5-4-11-9-29-21(18(24)17(11)12)33-14-8-15(23)30-31-19(14)22(25,26)27/h8-9H,3-7H2,1-2H3,(H,28,32). The number of carbonyl (C=O) groups is 1. The number of pyridine rings is 1. The lowest BCUT2D eigenvalue weighted by Crippen LogP contribution is -2.32. The summed E-state index contributed by atoms with van der Waals surface area (Å²) >= 11 is 5.68. The Balaban J connectivity index is 1.84. The molecular formula is C22H19ClF4N4O2. The fraction of sp³-hybridized carbons (Fsp3) is 0.364. The van der Waals surface area contributed by atoms with E-state index >= 15 is 4.39 Å². The Kier molecular flexibility index (Phi) is 6.13. The Morgan fingerprint density at radius 2 is 1.97 bits per heavy atom. The van der Waals surface area contributed by atoms with Gasteiger partial charge in [0.15, 0.2) is 16.7 Å².